The van der Waals surface area contributed by atoms with Crippen LogP contribution < -0.4 is 0 Å². The van der Waals surface area contributed by atoms with Gasteiger partial charge in [-0.05, 0) is 19.1 Å². The Kier molecular flexibility index (Phi) is 3.43. The van der Waals surface area contributed by atoms with Crippen LogP contribution in [0.3, 0.4) is 0 Å². The van der Waals surface area contributed by atoms with Crippen molar-refractivity contribution in [2.45, 2.75) is 6.92 Å². The predicted molar refractivity (Wildman–Crippen MR) is 65.8 cm³/mol. The number of hydroxylamine groups is 2. The van der Waals surface area contributed by atoms with Crippen LogP contribution in [-0.2, 0) is 4.84 Å². The van der Waals surface area contributed by atoms with E-state index >= 15 is 0 Å². The van der Waals surface area contributed by atoms with Gasteiger partial charge in [0.1, 0.15) is 5.76 Å². The minimum atomic E-state index is -0.332. The summed E-state index contributed by atoms with van der Waals surface area (Å²) in [4.78, 5) is 21.0. The number of rotatable bonds is 3. The van der Waals surface area contributed by atoms with Gasteiger partial charge in [0.05, 0.1) is 7.11 Å². The van der Waals surface area contributed by atoms with Crippen LogP contribution >= 0.6 is 0 Å². The second-order valence-electron chi connectivity index (χ2n) is 3.78. The second kappa shape index (κ2) is 5.01. The van der Waals surface area contributed by atoms with Gasteiger partial charge < -0.3 is 4.42 Å². The molecule has 1 aromatic heterocycles. The van der Waals surface area contributed by atoms with Crippen molar-refractivity contribution in [3.63, 3.8) is 0 Å². The molecular formula is C13H14N2O3. The molecule has 0 bridgehead atoms. The number of amides is 1. The fourth-order valence-electron chi connectivity index (χ4n) is 1.53. The highest BCUT2D eigenvalue weighted by atomic mass is 16.7. The van der Waals surface area contributed by atoms with E-state index in [0.29, 0.717) is 11.7 Å². The van der Waals surface area contributed by atoms with Gasteiger partial charge in [0, 0.05) is 12.6 Å². The van der Waals surface area contributed by atoms with Crippen LogP contribution in [0.1, 0.15) is 16.2 Å². The summed E-state index contributed by atoms with van der Waals surface area (Å²) in [7, 11) is 2.95. The van der Waals surface area contributed by atoms with Crippen molar-refractivity contribution < 1.29 is 14.0 Å². The Balaban J connectivity index is 2.36. The maximum absolute atomic E-state index is 11.9. The van der Waals surface area contributed by atoms with Gasteiger partial charge in [-0.2, -0.15) is 0 Å². The van der Waals surface area contributed by atoms with Gasteiger partial charge in [0.2, 0.25) is 5.89 Å². The molecule has 0 aliphatic carbocycles. The number of carbonyl (C=O) groups is 1. The Bertz CT molecular complexity index is 549. The summed E-state index contributed by atoms with van der Waals surface area (Å²) in [5.74, 6) is 0.574. The summed E-state index contributed by atoms with van der Waals surface area (Å²) < 4.78 is 5.50. The summed E-state index contributed by atoms with van der Waals surface area (Å²) >= 11 is 0. The summed E-state index contributed by atoms with van der Waals surface area (Å²) in [5.41, 5.74) is 1.10. The average Bonchev–Trinajstić information content (AvgIpc) is 2.80. The normalized spacial score (nSPS) is 10.4. The molecule has 94 valence electrons. The number of aryl methyl sites for hydroxylation is 1. The summed E-state index contributed by atoms with van der Waals surface area (Å²) in [6.07, 6.45) is 0. The molecule has 0 saturated heterocycles. The SMILES string of the molecule is CON(C)C(=O)c1nc(-c2ccccc2)oc1C. The molecule has 0 aliphatic rings. The molecule has 0 radical (unpaired) electrons. The second-order valence-corrected chi connectivity index (χ2v) is 3.78. The third kappa shape index (κ3) is 2.26. The zero-order valence-corrected chi connectivity index (χ0v) is 10.5. The van der Waals surface area contributed by atoms with Gasteiger partial charge in [-0.3, -0.25) is 9.63 Å². The van der Waals surface area contributed by atoms with Crippen LogP contribution in [0.25, 0.3) is 11.5 Å². The van der Waals surface area contributed by atoms with Gasteiger partial charge >= 0.3 is 0 Å². The maximum atomic E-state index is 11.9. The number of oxazole rings is 1. The zero-order valence-electron chi connectivity index (χ0n) is 10.5. The molecule has 0 atom stereocenters. The summed E-state index contributed by atoms with van der Waals surface area (Å²) in [5, 5.41) is 1.11. The first-order valence-corrected chi connectivity index (χ1v) is 5.48. The van der Waals surface area contributed by atoms with E-state index in [0.717, 1.165) is 10.6 Å². The van der Waals surface area contributed by atoms with Crippen molar-refractivity contribution in [1.29, 1.82) is 0 Å². The molecule has 0 N–H and O–H groups in total. The Labute approximate surface area is 105 Å². The van der Waals surface area contributed by atoms with Crippen LogP contribution in [0.4, 0.5) is 0 Å². The lowest BCUT2D eigenvalue weighted by atomic mass is 10.2. The molecule has 1 aromatic carbocycles. The van der Waals surface area contributed by atoms with Crippen molar-refractivity contribution in [2.24, 2.45) is 0 Å². The monoisotopic (exact) mass is 246 g/mol. The number of aromatic nitrogens is 1. The molecule has 0 unspecified atom stereocenters. The topological polar surface area (TPSA) is 55.6 Å². The number of benzene rings is 1. The number of carbonyl (C=O) groups excluding carboxylic acids is 1. The predicted octanol–water partition coefficient (Wildman–Crippen LogP) is 2.28. The molecule has 1 heterocycles. The smallest absolute Gasteiger partial charge is 0.299 e. The quantitative estimate of drug-likeness (QED) is 0.780. The fourth-order valence-corrected chi connectivity index (χ4v) is 1.53. The Morgan fingerprint density at radius 3 is 2.61 bits per heavy atom. The zero-order chi connectivity index (χ0) is 13.1. The molecule has 0 aliphatic heterocycles. The molecule has 2 rings (SSSR count). The standard InChI is InChI=1S/C13H14N2O3/c1-9-11(13(16)15(2)17-3)14-12(18-9)10-7-5-4-6-8-10/h4-8H,1-3H3. The first-order valence-electron chi connectivity index (χ1n) is 5.48. The van der Waals surface area contributed by atoms with Crippen LogP contribution in [0.2, 0.25) is 0 Å². The lowest BCUT2D eigenvalue weighted by molar-refractivity contribution is -0.0761. The molecular weight excluding hydrogens is 232 g/mol. The van der Waals surface area contributed by atoms with Crippen molar-refractivity contribution in [1.82, 2.24) is 10.0 Å². The molecule has 2 aromatic rings. The lowest BCUT2D eigenvalue weighted by Gasteiger charge is -2.11. The Morgan fingerprint density at radius 1 is 1.33 bits per heavy atom. The molecule has 0 saturated carbocycles. The molecule has 5 nitrogen and oxygen atoms in total. The van der Waals surface area contributed by atoms with Gasteiger partial charge in [-0.1, -0.05) is 18.2 Å². The van der Waals surface area contributed by atoms with E-state index in [9.17, 15) is 4.79 Å². The Morgan fingerprint density at radius 2 is 2.00 bits per heavy atom. The van der Waals surface area contributed by atoms with E-state index < -0.39 is 0 Å². The van der Waals surface area contributed by atoms with Crippen LogP contribution in [0.15, 0.2) is 34.7 Å². The van der Waals surface area contributed by atoms with Gasteiger partial charge in [-0.15, -0.1) is 0 Å². The summed E-state index contributed by atoms with van der Waals surface area (Å²) in [6.45, 7) is 1.70. The van der Waals surface area contributed by atoms with E-state index in [1.165, 1.54) is 14.2 Å². The van der Waals surface area contributed by atoms with E-state index in [1.807, 2.05) is 30.3 Å². The molecule has 18 heavy (non-hydrogen) atoms. The van der Waals surface area contributed by atoms with Gasteiger partial charge in [-0.25, -0.2) is 10.0 Å². The molecule has 1 amide bonds. The highest BCUT2D eigenvalue weighted by Crippen LogP contribution is 2.21. The van der Waals surface area contributed by atoms with Crippen molar-refractivity contribution >= 4 is 5.91 Å². The van der Waals surface area contributed by atoms with E-state index in [4.69, 9.17) is 9.25 Å². The molecule has 0 fully saturated rings. The largest absolute Gasteiger partial charge is 0.441 e. The van der Waals surface area contributed by atoms with Crippen molar-refractivity contribution in [2.75, 3.05) is 14.2 Å². The maximum Gasteiger partial charge on any atom is 0.299 e. The Hall–Kier alpha value is -2.14. The number of nitrogens with zero attached hydrogens (tertiary/aromatic N) is 2. The highest BCUT2D eigenvalue weighted by Gasteiger charge is 2.21. The minimum Gasteiger partial charge on any atom is -0.441 e. The lowest BCUT2D eigenvalue weighted by Crippen LogP contribution is -2.26. The average molecular weight is 246 g/mol. The van der Waals surface area contributed by atoms with Crippen molar-refractivity contribution in [3.05, 3.63) is 41.8 Å². The van der Waals surface area contributed by atoms with Gasteiger partial charge in [0.25, 0.3) is 5.91 Å². The molecule has 0 spiro atoms. The fraction of sp³-hybridized carbons (Fsp3) is 0.231. The van der Waals surface area contributed by atoms with Gasteiger partial charge in [0.15, 0.2) is 5.69 Å². The third-order valence-electron chi connectivity index (χ3n) is 2.58. The first kappa shape index (κ1) is 12.3. The summed E-state index contributed by atoms with van der Waals surface area (Å²) in [6, 6.07) is 9.43. The molecule has 5 heteroatoms. The number of hydrogen-bond acceptors (Lipinski definition) is 4. The highest BCUT2D eigenvalue weighted by molar-refractivity contribution is 5.92. The van der Waals surface area contributed by atoms with E-state index in [1.54, 1.807) is 6.92 Å². The van der Waals surface area contributed by atoms with E-state index in [2.05, 4.69) is 4.98 Å². The van der Waals surface area contributed by atoms with Crippen LogP contribution in [0.5, 0.6) is 0 Å². The van der Waals surface area contributed by atoms with Crippen molar-refractivity contribution in [3.8, 4) is 11.5 Å². The first-order chi connectivity index (χ1) is 8.63. The minimum absolute atomic E-state index is 0.262. The van der Waals surface area contributed by atoms with Crippen LogP contribution in [-0.4, -0.2) is 30.1 Å². The van der Waals surface area contributed by atoms with Crippen LogP contribution in [0, 0.1) is 6.92 Å². The van der Waals surface area contributed by atoms with E-state index in [-0.39, 0.29) is 11.6 Å². The number of hydrogen-bond donors (Lipinski definition) is 0. The third-order valence-corrected chi connectivity index (χ3v) is 2.58.